The summed E-state index contributed by atoms with van der Waals surface area (Å²) in [7, 11) is 0. The minimum Gasteiger partial charge on any atom is -0.480 e. The summed E-state index contributed by atoms with van der Waals surface area (Å²) in [5, 5.41) is 2.96. The zero-order chi connectivity index (χ0) is 16.8. The number of rotatable bonds is 6. The van der Waals surface area contributed by atoms with Gasteiger partial charge in [-0.15, -0.1) is 0 Å². The maximum atomic E-state index is 12.4. The Labute approximate surface area is 138 Å². The Morgan fingerprint density at radius 1 is 1.09 bits per heavy atom. The molecule has 1 atom stereocenters. The van der Waals surface area contributed by atoms with E-state index in [1.165, 1.54) is 5.56 Å². The number of hydrogen-bond acceptors (Lipinski definition) is 2. The number of nitrogens with one attached hydrogen (secondary N) is 1. The van der Waals surface area contributed by atoms with E-state index >= 15 is 0 Å². The van der Waals surface area contributed by atoms with Gasteiger partial charge in [-0.25, -0.2) is 0 Å². The topological polar surface area (TPSA) is 38.3 Å². The van der Waals surface area contributed by atoms with Crippen LogP contribution in [0.1, 0.15) is 35.6 Å². The molecule has 0 unspecified atom stereocenters. The van der Waals surface area contributed by atoms with Crippen molar-refractivity contribution in [3.8, 4) is 5.75 Å². The Hall–Kier alpha value is -2.29. The van der Waals surface area contributed by atoms with Crippen molar-refractivity contribution in [1.82, 2.24) is 5.32 Å². The lowest BCUT2D eigenvalue weighted by molar-refractivity contribution is -0.128. The Kier molecular flexibility index (Phi) is 5.80. The molecule has 0 spiro atoms. The van der Waals surface area contributed by atoms with Gasteiger partial charge in [0.2, 0.25) is 0 Å². The van der Waals surface area contributed by atoms with Crippen LogP contribution in [0.3, 0.4) is 0 Å². The predicted molar refractivity (Wildman–Crippen MR) is 93.6 cm³/mol. The third kappa shape index (κ3) is 4.59. The van der Waals surface area contributed by atoms with E-state index in [0.29, 0.717) is 13.0 Å². The van der Waals surface area contributed by atoms with Gasteiger partial charge in [0, 0.05) is 6.54 Å². The van der Waals surface area contributed by atoms with Gasteiger partial charge < -0.3 is 10.1 Å². The monoisotopic (exact) mass is 311 g/mol. The summed E-state index contributed by atoms with van der Waals surface area (Å²) >= 11 is 0. The molecule has 0 aromatic heterocycles. The number of aryl methyl sites for hydroxylation is 2. The van der Waals surface area contributed by atoms with Gasteiger partial charge in [-0.3, -0.25) is 4.79 Å². The highest BCUT2D eigenvalue weighted by Crippen LogP contribution is 2.22. The van der Waals surface area contributed by atoms with Gasteiger partial charge in [-0.1, -0.05) is 48.9 Å². The molecule has 0 aliphatic rings. The van der Waals surface area contributed by atoms with Crippen LogP contribution in [0, 0.1) is 20.8 Å². The highest BCUT2D eigenvalue weighted by molar-refractivity contribution is 5.81. The predicted octanol–water partition coefficient (Wildman–Crippen LogP) is 4.09. The van der Waals surface area contributed by atoms with Crippen LogP contribution in [0.25, 0.3) is 0 Å². The van der Waals surface area contributed by atoms with Crippen molar-refractivity contribution < 1.29 is 9.53 Å². The molecular formula is C20H25NO2. The smallest absolute Gasteiger partial charge is 0.261 e. The summed E-state index contributed by atoms with van der Waals surface area (Å²) in [6.07, 6.45) is 0.161. The second-order valence-corrected chi connectivity index (χ2v) is 5.92. The van der Waals surface area contributed by atoms with Crippen molar-refractivity contribution in [3.63, 3.8) is 0 Å². The first kappa shape index (κ1) is 17.1. The standard InChI is InChI=1S/C20H25NO2/c1-5-18(23-19-8-6-7-15(3)16(19)4)20(22)21-13-17-11-9-14(2)10-12-17/h6-12,18H,5,13H2,1-4H3,(H,21,22)/t18-/m0/s1. The molecule has 0 fully saturated rings. The molecule has 0 heterocycles. The molecule has 0 saturated carbocycles. The van der Waals surface area contributed by atoms with Crippen LogP contribution in [0.15, 0.2) is 42.5 Å². The molecule has 0 saturated heterocycles. The van der Waals surface area contributed by atoms with Crippen LogP contribution >= 0.6 is 0 Å². The van der Waals surface area contributed by atoms with E-state index in [0.717, 1.165) is 22.4 Å². The molecule has 2 aromatic rings. The maximum Gasteiger partial charge on any atom is 0.261 e. The third-order valence-electron chi connectivity index (χ3n) is 4.07. The van der Waals surface area contributed by atoms with Crippen molar-refractivity contribution in [1.29, 1.82) is 0 Å². The maximum absolute atomic E-state index is 12.4. The van der Waals surface area contributed by atoms with Crippen LogP contribution in [-0.4, -0.2) is 12.0 Å². The molecule has 0 aliphatic heterocycles. The molecule has 1 amide bonds. The van der Waals surface area contributed by atoms with Crippen molar-refractivity contribution >= 4 is 5.91 Å². The zero-order valence-corrected chi connectivity index (χ0v) is 14.3. The number of hydrogen-bond donors (Lipinski definition) is 1. The minimum atomic E-state index is -0.471. The molecule has 0 bridgehead atoms. The van der Waals surface area contributed by atoms with E-state index < -0.39 is 6.10 Å². The summed E-state index contributed by atoms with van der Waals surface area (Å²) in [6, 6.07) is 14.1. The summed E-state index contributed by atoms with van der Waals surface area (Å²) < 4.78 is 5.93. The van der Waals surface area contributed by atoms with E-state index in [9.17, 15) is 4.79 Å². The molecule has 0 radical (unpaired) electrons. The largest absolute Gasteiger partial charge is 0.480 e. The van der Waals surface area contributed by atoms with Gasteiger partial charge in [-0.2, -0.15) is 0 Å². The molecule has 2 aromatic carbocycles. The lowest BCUT2D eigenvalue weighted by Crippen LogP contribution is -2.37. The molecule has 3 heteroatoms. The van der Waals surface area contributed by atoms with E-state index in [-0.39, 0.29) is 5.91 Å². The van der Waals surface area contributed by atoms with Crippen molar-refractivity contribution in [2.45, 2.75) is 46.8 Å². The number of benzene rings is 2. The van der Waals surface area contributed by atoms with Gasteiger partial charge in [-0.05, 0) is 49.9 Å². The van der Waals surface area contributed by atoms with E-state index in [1.54, 1.807) is 0 Å². The SMILES string of the molecule is CC[C@H](Oc1cccc(C)c1C)C(=O)NCc1ccc(C)cc1. The van der Waals surface area contributed by atoms with Gasteiger partial charge >= 0.3 is 0 Å². The first-order valence-electron chi connectivity index (χ1n) is 8.07. The number of carbonyl (C=O) groups is 1. The molecule has 23 heavy (non-hydrogen) atoms. The number of amides is 1. The molecular weight excluding hydrogens is 286 g/mol. The van der Waals surface area contributed by atoms with Gasteiger partial charge in [0.25, 0.3) is 5.91 Å². The highest BCUT2D eigenvalue weighted by atomic mass is 16.5. The van der Waals surface area contributed by atoms with Crippen LogP contribution in [0.4, 0.5) is 0 Å². The summed E-state index contributed by atoms with van der Waals surface area (Å²) in [4.78, 5) is 12.4. The van der Waals surface area contributed by atoms with Crippen LogP contribution in [0.5, 0.6) is 5.75 Å². The highest BCUT2D eigenvalue weighted by Gasteiger charge is 2.19. The number of ether oxygens (including phenoxy) is 1. The second kappa shape index (κ2) is 7.82. The van der Waals surface area contributed by atoms with Gasteiger partial charge in [0.05, 0.1) is 0 Å². The Morgan fingerprint density at radius 3 is 2.43 bits per heavy atom. The van der Waals surface area contributed by atoms with E-state index in [2.05, 4.69) is 5.32 Å². The third-order valence-corrected chi connectivity index (χ3v) is 4.07. The second-order valence-electron chi connectivity index (χ2n) is 5.92. The quantitative estimate of drug-likeness (QED) is 0.872. The average molecular weight is 311 g/mol. The Balaban J connectivity index is 1.98. The van der Waals surface area contributed by atoms with Gasteiger partial charge in [0.15, 0.2) is 6.10 Å². The molecule has 0 aliphatic carbocycles. The van der Waals surface area contributed by atoms with Crippen LogP contribution < -0.4 is 10.1 Å². The normalized spacial score (nSPS) is 11.8. The molecule has 3 nitrogen and oxygen atoms in total. The fourth-order valence-corrected chi connectivity index (χ4v) is 2.34. The Morgan fingerprint density at radius 2 is 1.78 bits per heavy atom. The molecule has 2 rings (SSSR count). The van der Waals surface area contributed by atoms with E-state index in [4.69, 9.17) is 4.74 Å². The zero-order valence-electron chi connectivity index (χ0n) is 14.3. The molecule has 1 N–H and O–H groups in total. The lowest BCUT2D eigenvalue weighted by Gasteiger charge is -2.19. The first-order valence-corrected chi connectivity index (χ1v) is 8.07. The van der Waals surface area contributed by atoms with Crippen molar-refractivity contribution in [2.24, 2.45) is 0 Å². The summed E-state index contributed by atoms with van der Waals surface area (Å²) in [6.45, 7) is 8.59. The van der Waals surface area contributed by atoms with E-state index in [1.807, 2.05) is 70.2 Å². The fraction of sp³-hybridized carbons (Fsp3) is 0.350. The van der Waals surface area contributed by atoms with Crippen molar-refractivity contribution in [2.75, 3.05) is 0 Å². The summed E-state index contributed by atoms with van der Waals surface area (Å²) in [5.41, 5.74) is 4.55. The first-order chi connectivity index (χ1) is 11.0. The van der Waals surface area contributed by atoms with Crippen LogP contribution in [-0.2, 0) is 11.3 Å². The number of carbonyl (C=O) groups excluding carboxylic acids is 1. The lowest BCUT2D eigenvalue weighted by atomic mass is 10.1. The Bertz CT molecular complexity index is 662. The average Bonchev–Trinajstić information content (AvgIpc) is 2.55. The fourth-order valence-electron chi connectivity index (χ4n) is 2.34. The minimum absolute atomic E-state index is 0.0750. The molecule has 122 valence electrons. The van der Waals surface area contributed by atoms with Crippen LogP contribution in [0.2, 0.25) is 0 Å². The van der Waals surface area contributed by atoms with Crippen molar-refractivity contribution in [3.05, 3.63) is 64.7 Å². The summed E-state index contributed by atoms with van der Waals surface area (Å²) in [5.74, 6) is 0.705. The van der Waals surface area contributed by atoms with Gasteiger partial charge in [0.1, 0.15) is 5.75 Å².